The molecule has 0 amide bonds. The lowest BCUT2D eigenvalue weighted by Gasteiger charge is -2.08. The minimum absolute atomic E-state index is 0.285. The summed E-state index contributed by atoms with van der Waals surface area (Å²) in [5.41, 5.74) is 0.464. The number of rotatable bonds is 2. The number of nitrogens with one attached hydrogen (secondary N) is 1. The molecule has 1 aromatic heterocycles. The predicted octanol–water partition coefficient (Wildman–Crippen LogP) is 2.82. The van der Waals surface area contributed by atoms with Crippen molar-refractivity contribution in [1.29, 1.82) is 0 Å². The van der Waals surface area contributed by atoms with Gasteiger partial charge in [-0.05, 0) is 18.2 Å². The summed E-state index contributed by atoms with van der Waals surface area (Å²) >= 11 is 3.31. The van der Waals surface area contributed by atoms with Gasteiger partial charge in [0.05, 0.1) is 5.69 Å². The van der Waals surface area contributed by atoms with Crippen LogP contribution in [0.5, 0.6) is 0 Å². The van der Waals surface area contributed by atoms with Crippen molar-refractivity contribution in [2.45, 2.75) is 0 Å². The molecule has 5 heteroatoms. The van der Waals surface area contributed by atoms with Gasteiger partial charge in [0, 0.05) is 23.9 Å². The van der Waals surface area contributed by atoms with Gasteiger partial charge in [0.15, 0.2) is 0 Å². The molecule has 3 nitrogen and oxygen atoms in total. The molecule has 2 rings (SSSR count). The normalized spacial score (nSPS) is 10.3. The topological polar surface area (TPSA) is 29.9 Å². The first-order chi connectivity index (χ1) is 7.22. The Labute approximate surface area is 95.1 Å². The lowest BCUT2D eigenvalue weighted by atomic mass is 10.3. The van der Waals surface area contributed by atoms with Crippen molar-refractivity contribution in [3.8, 4) is 5.69 Å². The Balaban J connectivity index is 2.58. The molecule has 1 N–H and O–H groups in total. The van der Waals surface area contributed by atoms with Crippen LogP contribution in [0.3, 0.4) is 0 Å². The van der Waals surface area contributed by atoms with Gasteiger partial charge >= 0.3 is 0 Å². The van der Waals surface area contributed by atoms with Crippen LogP contribution in [0.15, 0.2) is 35.1 Å². The fraction of sp³-hybridized carbons (Fsp3) is 0.100. The Bertz CT molecular complexity index is 481. The summed E-state index contributed by atoms with van der Waals surface area (Å²) in [5.74, 6) is 0.319. The van der Waals surface area contributed by atoms with Gasteiger partial charge in [-0.25, -0.2) is 9.37 Å². The van der Waals surface area contributed by atoms with E-state index in [4.69, 9.17) is 0 Å². The first-order valence-electron chi connectivity index (χ1n) is 4.39. The van der Waals surface area contributed by atoms with E-state index in [0.717, 1.165) is 4.47 Å². The molecule has 0 unspecified atom stereocenters. The Morgan fingerprint density at radius 1 is 1.47 bits per heavy atom. The van der Waals surface area contributed by atoms with E-state index < -0.39 is 0 Å². The van der Waals surface area contributed by atoms with E-state index >= 15 is 0 Å². The zero-order chi connectivity index (χ0) is 10.8. The molecule has 0 aliphatic rings. The van der Waals surface area contributed by atoms with E-state index in [-0.39, 0.29) is 5.82 Å². The highest BCUT2D eigenvalue weighted by atomic mass is 79.9. The summed E-state index contributed by atoms with van der Waals surface area (Å²) < 4.78 is 16.0. The largest absolute Gasteiger partial charge is 0.358 e. The maximum atomic E-state index is 13.6. The van der Waals surface area contributed by atoms with Crippen molar-refractivity contribution in [2.24, 2.45) is 0 Å². The summed E-state index contributed by atoms with van der Waals surface area (Å²) in [7, 11) is 1.74. The van der Waals surface area contributed by atoms with E-state index in [0.29, 0.717) is 11.6 Å². The molecule has 1 aromatic carbocycles. The first kappa shape index (κ1) is 10.2. The Morgan fingerprint density at radius 2 is 2.27 bits per heavy atom. The second-order valence-corrected chi connectivity index (χ2v) is 3.88. The minimum atomic E-state index is -0.285. The molecule has 78 valence electrons. The van der Waals surface area contributed by atoms with Crippen molar-refractivity contribution in [3.63, 3.8) is 0 Å². The molecule has 0 saturated carbocycles. The number of hydrogen-bond acceptors (Lipinski definition) is 2. The number of benzene rings is 1. The number of imidazole rings is 1. The van der Waals surface area contributed by atoms with Gasteiger partial charge in [0.2, 0.25) is 5.95 Å². The van der Waals surface area contributed by atoms with E-state index in [1.807, 2.05) is 0 Å². The number of hydrogen-bond donors (Lipinski definition) is 1. The number of aromatic nitrogens is 2. The van der Waals surface area contributed by atoms with Crippen LogP contribution < -0.4 is 5.32 Å². The maximum Gasteiger partial charge on any atom is 0.207 e. The standard InChI is InChI=1S/C10H9BrFN3/c1-13-10-14-4-5-15(10)9-6-7(11)2-3-8(9)12/h2-6H,1H3,(H,13,14). The maximum absolute atomic E-state index is 13.6. The molecule has 0 spiro atoms. The smallest absolute Gasteiger partial charge is 0.207 e. The summed E-state index contributed by atoms with van der Waals surface area (Å²) in [4.78, 5) is 4.05. The van der Waals surface area contributed by atoms with E-state index in [1.54, 1.807) is 36.1 Å². The van der Waals surface area contributed by atoms with Crippen LogP contribution in [0, 0.1) is 5.82 Å². The molecule has 0 saturated heterocycles. The van der Waals surface area contributed by atoms with Crippen LogP contribution in [0.2, 0.25) is 0 Å². The van der Waals surface area contributed by atoms with Crippen LogP contribution in [-0.2, 0) is 0 Å². The van der Waals surface area contributed by atoms with Crippen molar-refractivity contribution in [2.75, 3.05) is 12.4 Å². The van der Waals surface area contributed by atoms with Crippen LogP contribution in [0.25, 0.3) is 5.69 Å². The second kappa shape index (κ2) is 4.02. The average molecular weight is 270 g/mol. The SMILES string of the molecule is CNc1nccn1-c1cc(Br)ccc1F. The van der Waals surface area contributed by atoms with Gasteiger partial charge in [-0.15, -0.1) is 0 Å². The molecular formula is C10H9BrFN3. The third kappa shape index (κ3) is 1.87. The molecule has 0 bridgehead atoms. The summed E-state index contributed by atoms with van der Waals surface area (Å²) in [6.07, 6.45) is 3.32. The zero-order valence-electron chi connectivity index (χ0n) is 8.04. The van der Waals surface area contributed by atoms with Gasteiger partial charge in [-0.3, -0.25) is 4.57 Å². The van der Waals surface area contributed by atoms with Crippen LogP contribution >= 0.6 is 15.9 Å². The van der Waals surface area contributed by atoms with Gasteiger partial charge in [-0.2, -0.15) is 0 Å². The molecule has 0 aliphatic heterocycles. The highest BCUT2D eigenvalue weighted by Crippen LogP contribution is 2.21. The third-order valence-corrected chi connectivity index (χ3v) is 2.53. The molecule has 2 aromatic rings. The number of anilines is 1. The van der Waals surface area contributed by atoms with Crippen molar-refractivity contribution in [1.82, 2.24) is 9.55 Å². The van der Waals surface area contributed by atoms with E-state index in [1.165, 1.54) is 6.07 Å². The van der Waals surface area contributed by atoms with Crippen LogP contribution in [0.1, 0.15) is 0 Å². The van der Waals surface area contributed by atoms with Crippen molar-refractivity contribution < 1.29 is 4.39 Å². The molecule has 15 heavy (non-hydrogen) atoms. The van der Waals surface area contributed by atoms with E-state index in [2.05, 4.69) is 26.2 Å². The Morgan fingerprint density at radius 3 is 3.00 bits per heavy atom. The molecule has 0 aliphatic carbocycles. The van der Waals surface area contributed by atoms with Gasteiger partial charge in [0.1, 0.15) is 5.82 Å². The Hall–Kier alpha value is -1.36. The second-order valence-electron chi connectivity index (χ2n) is 2.97. The summed E-state index contributed by atoms with van der Waals surface area (Å²) in [5, 5.41) is 2.89. The highest BCUT2D eigenvalue weighted by Gasteiger charge is 2.08. The van der Waals surface area contributed by atoms with Gasteiger partial charge in [0.25, 0.3) is 0 Å². The third-order valence-electron chi connectivity index (χ3n) is 2.03. The molecule has 0 fully saturated rings. The fourth-order valence-corrected chi connectivity index (χ4v) is 1.70. The number of halogens is 2. The van der Waals surface area contributed by atoms with Crippen molar-refractivity contribution >= 4 is 21.9 Å². The Kier molecular flexibility index (Phi) is 2.73. The fourth-order valence-electron chi connectivity index (χ4n) is 1.35. The van der Waals surface area contributed by atoms with Gasteiger partial charge in [-0.1, -0.05) is 15.9 Å². The lowest BCUT2D eigenvalue weighted by Crippen LogP contribution is -2.02. The number of nitrogens with zero attached hydrogens (tertiary/aromatic N) is 2. The van der Waals surface area contributed by atoms with E-state index in [9.17, 15) is 4.39 Å². The molecular weight excluding hydrogens is 261 g/mol. The average Bonchev–Trinajstić information content (AvgIpc) is 2.69. The molecule has 1 heterocycles. The monoisotopic (exact) mass is 269 g/mol. The quantitative estimate of drug-likeness (QED) is 0.909. The van der Waals surface area contributed by atoms with Crippen molar-refractivity contribution in [3.05, 3.63) is 40.9 Å². The zero-order valence-corrected chi connectivity index (χ0v) is 9.62. The highest BCUT2D eigenvalue weighted by molar-refractivity contribution is 9.10. The van der Waals surface area contributed by atoms with Crippen LogP contribution in [-0.4, -0.2) is 16.6 Å². The summed E-state index contributed by atoms with van der Waals surface area (Å²) in [6.45, 7) is 0. The predicted molar refractivity (Wildman–Crippen MR) is 60.8 cm³/mol. The first-order valence-corrected chi connectivity index (χ1v) is 5.18. The summed E-state index contributed by atoms with van der Waals surface area (Å²) in [6, 6.07) is 4.78. The van der Waals surface area contributed by atoms with Gasteiger partial charge < -0.3 is 5.32 Å². The van der Waals surface area contributed by atoms with Crippen LogP contribution in [0.4, 0.5) is 10.3 Å². The lowest BCUT2D eigenvalue weighted by molar-refractivity contribution is 0.618. The molecule has 0 atom stereocenters. The molecule has 0 radical (unpaired) electrons. The minimum Gasteiger partial charge on any atom is -0.358 e.